The Labute approximate surface area is 122 Å². The highest BCUT2D eigenvalue weighted by atomic mass is 32.9. The quantitative estimate of drug-likeness (QED) is 0.768. The minimum atomic E-state index is -3.67. The Balaban J connectivity index is 2.90. The molecular weight excluding hydrogens is 325 g/mol. The SMILES string of the molecule is CCOP(=S)(OCC)Sc1ccc(S(N)(=O)=O)cc1. The third-order valence-corrected chi connectivity index (χ3v) is 7.97. The average molecular weight is 341 g/mol. The van der Waals surface area contributed by atoms with Crippen LogP contribution >= 0.6 is 17.1 Å². The normalized spacial score (nSPS) is 12.6. The van der Waals surface area contributed by atoms with Crippen molar-refractivity contribution in [3.8, 4) is 0 Å². The first-order chi connectivity index (χ1) is 8.80. The van der Waals surface area contributed by atoms with E-state index >= 15 is 0 Å². The van der Waals surface area contributed by atoms with Crippen LogP contribution in [0.25, 0.3) is 0 Å². The fourth-order valence-corrected chi connectivity index (χ4v) is 6.56. The van der Waals surface area contributed by atoms with Gasteiger partial charge in [-0.05, 0) is 61.3 Å². The lowest BCUT2D eigenvalue weighted by atomic mass is 10.4. The van der Waals surface area contributed by atoms with E-state index < -0.39 is 15.7 Å². The van der Waals surface area contributed by atoms with Crippen molar-refractivity contribution in [2.24, 2.45) is 5.14 Å². The summed E-state index contributed by atoms with van der Waals surface area (Å²) in [6.45, 7) is 4.65. The van der Waals surface area contributed by atoms with Gasteiger partial charge in [-0.3, -0.25) is 0 Å². The van der Waals surface area contributed by atoms with Crippen LogP contribution in [0, 0.1) is 0 Å². The Morgan fingerprint density at radius 1 is 1.21 bits per heavy atom. The molecule has 0 bridgehead atoms. The molecule has 1 aromatic carbocycles. The zero-order valence-corrected chi connectivity index (χ0v) is 13.9. The molecule has 0 heterocycles. The second kappa shape index (κ2) is 7.17. The first-order valence-electron chi connectivity index (χ1n) is 5.52. The van der Waals surface area contributed by atoms with Crippen LogP contribution < -0.4 is 5.14 Å². The maximum Gasteiger partial charge on any atom is 0.252 e. The smallest absolute Gasteiger partial charge is 0.252 e. The Bertz CT molecular complexity index is 549. The molecule has 9 heteroatoms. The van der Waals surface area contributed by atoms with Crippen molar-refractivity contribution in [1.82, 2.24) is 0 Å². The molecular formula is C10H16NO4PS3. The van der Waals surface area contributed by atoms with Crippen molar-refractivity contribution in [1.29, 1.82) is 0 Å². The Morgan fingerprint density at radius 2 is 1.68 bits per heavy atom. The summed E-state index contributed by atoms with van der Waals surface area (Å²) in [7, 11) is -3.67. The van der Waals surface area contributed by atoms with E-state index in [-0.39, 0.29) is 4.90 Å². The number of primary sulfonamides is 1. The number of benzene rings is 1. The van der Waals surface area contributed by atoms with E-state index in [1.165, 1.54) is 23.5 Å². The summed E-state index contributed by atoms with van der Waals surface area (Å²) < 4.78 is 33.3. The zero-order chi connectivity index (χ0) is 14.5. The summed E-state index contributed by atoms with van der Waals surface area (Å²) in [5, 5.41) is 5.03. The topological polar surface area (TPSA) is 78.6 Å². The number of nitrogens with two attached hydrogens (primary N) is 1. The van der Waals surface area contributed by atoms with Crippen LogP contribution in [-0.2, 0) is 30.9 Å². The molecule has 1 rings (SSSR count). The molecule has 0 saturated carbocycles. The minimum Gasteiger partial charge on any atom is -0.322 e. The first-order valence-corrected chi connectivity index (χ1v) is 11.1. The Morgan fingerprint density at radius 3 is 2.05 bits per heavy atom. The van der Waals surface area contributed by atoms with Gasteiger partial charge in [0, 0.05) is 4.90 Å². The highest BCUT2D eigenvalue weighted by Gasteiger charge is 2.20. The lowest BCUT2D eigenvalue weighted by Crippen LogP contribution is -2.11. The molecule has 0 aliphatic heterocycles. The molecule has 0 aliphatic rings. The van der Waals surface area contributed by atoms with Crippen LogP contribution in [0.1, 0.15) is 13.8 Å². The summed E-state index contributed by atoms with van der Waals surface area (Å²) in [6.07, 6.45) is 0. The van der Waals surface area contributed by atoms with Crippen LogP contribution in [0.4, 0.5) is 0 Å². The van der Waals surface area contributed by atoms with Gasteiger partial charge in [-0.2, -0.15) is 0 Å². The van der Waals surface area contributed by atoms with Gasteiger partial charge >= 0.3 is 0 Å². The molecule has 0 radical (unpaired) electrons. The summed E-state index contributed by atoms with van der Waals surface area (Å²) in [6, 6.07) is 6.16. The maximum absolute atomic E-state index is 11.1. The third kappa shape index (κ3) is 5.51. The molecule has 0 unspecified atom stereocenters. The molecule has 19 heavy (non-hydrogen) atoms. The molecule has 108 valence electrons. The number of hydrogen-bond donors (Lipinski definition) is 1. The minimum absolute atomic E-state index is 0.0676. The molecule has 0 saturated heterocycles. The van der Waals surface area contributed by atoms with E-state index in [4.69, 9.17) is 26.0 Å². The average Bonchev–Trinajstić information content (AvgIpc) is 2.28. The lowest BCUT2D eigenvalue weighted by molar-refractivity contribution is 0.280. The van der Waals surface area contributed by atoms with Gasteiger partial charge in [-0.15, -0.1) is 0 Å². The molecule has 0 atom stereocenters. The number of rotatable bonds is 7. The largest absolute Gasteiger partial charge is 0.322 e. The standard InChI is InChI=1S/C10H16NO4PS3/c1-3-14-16(17,15-4-2)18-9-5-7-10(8-6-9)19(11,12)13/h5-8H,3-4H2,1-2H3,(H2,11,12,13). The predicted molar refractivity (Wildman–Crippen MR) is 81.2 cm³/mol. The van der Waals surface area contributed by atoms with Crippen LogP contribution in [0.2, 0.25) is 0 Å². The van der Waals surface area contributed by atoms with Gasteiger partial charge in [0.2, 0.25) is 10.0 Å². The Kier molecular flexibility index (Phi) is 6.46. The van der Waals surface area contributed by atoms with Gasteiger partial charge < -0.3 is 9.05 Å². The molecule has 0 aliphatic carbocycles. The van der Waals surface area contributed by atoms with Crippen molar-refractivity contribution in [2.45, 2.75) is 23.6 Å². The van der Waals surface area contributed by atoms with Gasteiger partial charge in [0.05, 0.1) is 18.1 Å². The summed E-state index contributed by atoms with van der Waals surface area (Å²) in [5.41, 5.74) is -2.43. The molecule has 0 aromatic heterocycles. The second-order valence-corrected chi connectivity index (χ2v) is 11.1. The van der Waals surface area contributed by atoms with E-state index in [2.05, 4.69) is 0 Å². The van der Waals surface area contributed by atoms with Crippen molar-refractivity contribution in [3.63, 3.8) is 0 Å². The number of sulfonamides is 1. The molecule has 2 N–H and O–H groups in total. The maximum atomic E-state index is 11.1. The van der Waals surface area contributed by atoms with Gasteiger partial charge in [0.25, 0.3) is 5.69 Å². The van der Waals surface area contributed by atoms with Crippen LogP contribution in [0.5, 0.6) is 0 Å². The monoisotopic (exact) mass is 341 g/mol. The van der Waals surface area contributed by atoms with E-state index in [1.54, 1.807) is 12.1 Å². The number of hydrogen-bond acceptors (Lipinski definition) is 6. The molecule has 5 nitrogen and oxygen atoms in total. The van der Waals surface area contributed by atoms with Crippen molar-refractivity contribution in [2.75, 3.05) is 13.2 Å². The van der Waals surface area contributed by atoms with Crippen molar-refractivity contribution in [3.05, 3.63) is 24.3 Å². The second-order valence-electron chi connectivity index (χ2n) is 3.39. The van der Waals surface area contributed by atoms with E-state index in [0.29, 0.717) is 13.2 Å². The molecule has 1 aromatic rings. The summed E-state index contributed by atoms with van der Waals surface area (Å²) in [5.74, 6) is 0. The molecule has 0 amide bonds. The van der Waals surface area contributed by atoms with Crippen LogP contribution in [0.3, 0.4) is 0 Å². The van der Waals surface area contributed by atoms with Crippen molar-refractivity contribution >= 4 is 38.9 Å². The highest BCUT2D eigenvalue weighted by molar-refractivity contribution is 8.67. The molecule has 0 spiro atoms. The van der Waals surface area contributed by atoms with Gasteiger partial charge in [0.1, 0.15) is 0 Å². The fourth-order valence-electron chi connectivity index (χ4n) is 1.23. The van der Waals surface area contributed by atoms with E-state index in [9.17, 15) is 8.42 Å². The van der Waals surface area contributed by atoms with Crippen LogP contribution in [0.15, 0.2) is 34.1 Å². The van der Waals surface area contributed by atoms with Gasteiger partial charge in [0.15, 0.2) is 0 Å². The van der Waals surface area contributed by atoms with E-state index in [1.807, 2.05) is 13.8 Å². The van der Waals surface area contributed by atoms with Crippen LogP contribution in [-0.4, -0.2) is 21.6 Å². The lowest BCUT2D eigenvalue weighted by Gasteiger charge is -2.19. The fraction of sp³-hybridized carbons (Fsp3) is 0.400. The molecule has 0 fully saturated rings. The van der Waals surface area contributed by atoms with Crippen molar-refractivity contribution < 1.29 is 17.5 Å². The van der Waals surface area contributed by atoms with E-state index in [0.717, 1.165) is 4.90 Å². The summed E-state index contributed by atoms with van der Waals surface area (Å²) >= 11 is 6.68. The first kappa shape index (κ1) is 17.1. The van der Waals surface area contributed by atoms with Gasteiger partial charge in [-0.1, -0.05) is 0 Å². The Hall–Kier alpha value is 0.0500. The highest BCUT2D eigenvalue weighted by Crippen LogP contribution is 2.63. The third-order valence-electron chi connectivity index (χ3n) is 1.94. The zero-order valence-electron chi connectivity index (χ0n) is 10.6. The summed E-state index contributed by atoms with van der Waals surface area (Å²) in [4.78, 5) is 0.857. The predicted octanol–water partition coefficient (Wildman–Crippen LogP) is 2.72. The van der Waals surface area contributed by atoms with Gasteiger partial charge in [-0.25, -0.2) is 13.6 Å².